The summed E-state index contributed by atoms with van der Waals surface area (Å²) in [5, 5.41) is 3.74. The Morgan fingerprint density at radius 1 is 1.39 bits per heavy atom. The Kier molecular flexibility index (Phi) is 3.29. The Morgan fingerprint density at radius 3 is 2.94 bits per heavy atom. The first-order chi connectivity index (χ1) is 8.71. The lowest BCUT2D eigenvalue weighted by Gasteiger charge is -2.43. The second-order valence-electron chi connectivity index (χ2n) is 5.74. The summed E-state index contributed by atoms with van der Waals surface area (Å²) >= 11 is 1.82. The first-order valence-corrected chi connectivity index (χ1v) is 8.08. The molecule has 1 aromatic rings. The molecule has 3 heteroatoms. The van der Waals surface area contributed by atoms with Gasteiger partial charge in [0.15, 0.2) is 0 Å². The average Bonchev–Trinajstić information content (AvgIpc) is 3.24. The van der Waals surface area contributed by atoms with E-state index in [2.05, 4.69) is 47.7 Å². The number of nitrogens with one attached hydrogen (secondary N) is 1. The second-order valence-corrected chi connectivity index (χ2v) is 6.62. The molecule has 1 aliphatic heterocycles. The highest BCUT2D eigenvalue weighted by Crippen LogP contribution is 2.41. The number of benzene rings is 1. The van der Waals surface area contributed by atoms with Gasteiger partial charge in [-0.1, -0.05) is 6.07 Å². The number of rotatable bonds is 3. The van der Waals surface area contributed by atoms with Crippen LogP contribution < -0.4 is 10.2 Å². The molecular weight excluding hydrogens is 240 g/mol. The maximum atomic E-state index is 3.74. The highest BCUT2D eigenvalue weighted by atomic mass is 32.2. The van der Waals surface area contributed by atoms with E-state index in [1.807, 2.05) is 11.8 Å². The number of hydrogen-bond acceptors (Lipinski definition) is 3. The SMILES string of the molecule is CSc1cccc(N2CCNC(C)(C3CC3)C2)c1. The number of piperazine rings is 1. The van der Waals surface area contributed by atoms with Crippen molar-refractivity contribution < 1.29 is 0 Å². The molecule has 1 aliphatic carbocycles. The summed E-state index contributed by atoms with van der Waals surface area (Å²) in [5.74, 6) is 0.893. The van der Waals surface area contributed by atoms with E-state index in [1.165, 1.54) is 23.4 Å². The van der Waals surface area contributed by atoms with Gasteiger partial charge in [0.25, 0.3) is 0 Å². The first kappa shape index (κ1) is 12.4. The quantitative estimate of drug-likeness (QED) is 0.843. The van der Waals surface area contributed by atoms with Crippen LogP contribution in [0.25, 0.3) is 0 Å². The van der Waals surface area contributed by atoms with Crippen LogP contribution in [0.2, 0.25) is 0 Å². The number of nitrogens with zero attached hydrogens (tertiary/aromatic N) is 1. The Labute approximate surface area is 114 Å². The molecule has 0 radical (unpaired) electrons. The van der Waals surface area contributed by atoms with Gasteiger partial charge in [0.1, 0.15) is 0 Å². The van der Waals surface area contributed by atoms with Crippen molar-refractivity contribution in [3.05, 3.63) is 24.3 Å². The van der Waals surface area contributed by atoms with Crippen molar-refractivity contribution in [3.63, 3.8) is 0 Å². The maximum absolute atomic E-state index is 3.74. The van der Waals surface area contributed by atoms with E-state index in [1.54, 1.807) is 0 Å². The van der Waals surface area contributed by atoms with Crippen LogP contribution >= 0.6 is 11.8 Å². The topological polar surface area (TPSA) is 15.3 Å². The lowest BCUT2D eigenvalue weighted by Crippen LogP contribution is -2.60. The van der Waals surface area contributed by atoms with E-state index in [0.29, 0.717) is 5.54 Å². The number of thioether (sulfide) groups is 1. The third kappa shape index (κ3) is 2.39. The van der Waals surface area contributed by atoms with Gasteiger partial charge in [0.2, 0.25) is 0 Å². The lowest BCUT2D eigenvalue weighted by atomic mass is 9.92. The summed E-state index contributed by atoms with van der Waals surface area (Å²) in [7, 11) is 0. The molecule has 1 saturated carbocycles. The molecule has 1 aromatic carbocycles. The van der Waals surface area contributed by atoms with Crippen molar-refractivity contribution in [2.45, 2.75) is 30.2 Å². The molecule has 2 nitrogen and oxygen atoms in total. The van der Waals surface area contributed by atoms with E-state index in [0.717, 1.165) is 25.6 Å². The molecule has 3 rings (SSSR count). The highest BCUT2D eigenvalue weighted by Gasteiger charge is 2.43. The zero-order valence-electron chi connectivity index (χ0n) is 11.3. The predicted molar refractivity (Wildman–Crippen MR) is 79.6 cm³/mol. The first-order valence-electron chi connectivity index (χ1n) is 6.85. The van der Waals surface area contributed by atoms with Crippen LogP contribution in [0.3, 0.4) is 0 Å². The fourth-order valence-electron chi connectivity index (χ4n) is 3.03. The van der Waals surface area contributed by atoms with Gasteiger partial charge in [-0.2, -0.15) is 0 Å². The smallest absolute Gasteiger partial charge is 0.0378 e. The molecule has 1 saturated heterocycles. The predicted octanol–water partition coefficient (Wildman–Crippen LogP) is 2.99. The van der Waals surface area contributed by atoms with E-state index < -0.39 is 0 Å². The van der Waals surface area contributed by atoms with Crippen LogP contribution in [0.4, 0.5) is 5.69 Å². The van der Waals surface area contributed by atoms with Crippen molar-refractivity contribution in [2.75, 3.05) is 30.8 Å². The van der Waals surface area contributed by atoms with Crippen molar-refractivity contribution in [1.82, 2.24) is 5.32 Å². The van der Waals surface area contributed by atoms with Gasteiger partial charge in [-0.15, -0.1) is 11.8 Å². The molecule has 98 valence electrons. The molecular formula is C15H22N2S. The molecule has 1 N–H and O–H groups in total. The van der Waals surface area contributed by atoms with Crippen LogP contribution in [0.1, 0.15) is 19.8 Å². The van der Waals surface area contributed by atoms with Crippen molar-refractivity contribution in [1.29, 1.82) is 0 Å². The van der Waals surface area contributed by atoms with E-state index in [9.17, 15) is 0 Å². The van der Waals surface area contributed by atoms with E-state index in [-0.39, 0.29) is 0 Å². The van der Waals surface area contributed by atoms with Crippen LogP contribution in [0.5, 0.6) is 0 Å². The van der Waals surface area contributed by atoms with Crippen LogP contribution in [0, 0.1) is 5.92 Å². The molecule has 1 atom stereocenters. The average molecular weight is 262 g/mol. The Balaban J connectivity index is 1.78. The van der Waals surface area contributed by atoms with Gasteiger partial charge in [0, 0.05) is 35.8 Å². The minimum atomic E-state index is 0.327. The van der Waals surface area contributed by atoms with Gasteiger partial charge in [0.05, 0.1) is 0 Å². The van der Waals surface area contributed by atoms with Crippen molar-refractivity contribution in [2.24, 2.45) is 5.92 Å². The zero-order valence-corrected chi connectivity index (χ0v) is 12.1. The highest BCUT2D eigenvalue weighted by molar-refractivity contribution is 7.98. The summed E-state index contributed by atoms with van der Waals surface area (Å²) in [4.78, 5) is 3.91. The molecule has 2 aliphatic rings. The molecule has 2 fully saturated rings. The minimum Gasteiger partial charge on any atom is -0.368 e. The maximum Gasteiger partial charge on any atom is 0.0378 e. The van der Waals surface area contributed by atoms with Gasteiger partial charge in [-0.25, -0.2) is 0 Å². The molecule has 1 unspecified atom stereocenters. The molecule has 18 heavy (non-hydrogen) atoms. The third-order valence-corrected chi connectivity index (χ3v) is 5.05. The second kappa shape index (κ2) is 4.78. The Bertz CT molecular complexity index is 430. The summed E-state index contributed by atoms with van der Waals surface area (Å²) in [6, 6.07) is 8.94. The van der Waals surface area contributed by atoms with Gasteiger partial charge in [-0.05, 0) is 50.1 Å². The van der Waals surface area contributed by atoms with Gasteiger partial charge >= 0.3 is 0 Å². The Morgan fingerprint density at radius 2 is 2.22 bits per heavy atom. The molecule has 0 bridgehead atoms. The molecule has 0 aromatic heterocycles. The molecule has 1 heterocycles. The number of anilines is 1. The molecule has 0 spiro atoms. The van der Waals surface area contributed by atoms with E-state index in [4.69, 9.17) is 0 Å². The molecule has 0 amide bonds. The van der Waals surface area contributed by atoms with Gasteiger partial charge in [-0.3, -0.25) is 0 Å². The number of hydrogen-bond donors (Lipinski definition) is 1. The van der Waals surface area contributed by atoms with Crippen molar-refractivity contribution >= 4 is 17.4 Å². The normalized spacial score (nSPS) is 28.4. The monoisotopic (exact) mass is 262 g/mol. The minimum absolute atomic E-state index is 0.327. The summed E-state index contributed by atoms with van der Waals surface area (Å²) in [6.45, 7) is 5.78. The van der Waals surface area contributed by atoms with Crippen LogP contribution in [-0.4, -0.2) is 31.4 Å². The largest absolute Gasteiger partial charge is 0.368 e. The van der Waals surface area contributed by atoms with Crippen molar-refractivity contribution in [3.8, 4) is 0 Å². The Hall–Kier alpha value is -0.670. The summed E-state index contributed by atoms with van der Waals surface area (Å²) < 4.78 is 0. The summed E-state index contributed by atoms with van der Waals surface area (Å²) in [5.41, 5.74) is 1.71. The van der Waals surface area contributed by atoms with Crippen LogP contribution in [0.15, 0.2) is 29.2 Å². The van der Waals surface area contributed by atoms with E-state index >= 15 is 0 Å². The lowest BCUT2D eigenvalue weighted by molar-refractivity contribution is 0.285. The van der Waals surface area contributed by atoms with Gasteiger partial charge < -0.3 is 10.2 Å². The summed E-state index contributed by atoms with van der Waals surface area (Å²) in [6.07, 6.45) is 4.95. The fourth-order valence-corrected chi connectivity index (χ4v) is 3.48. The zero-order chi connectivity index (χ0) is 12.6. The van der Waals surface area contributed by atoms with Crippen LogP contribution in [-0.2, 0) is 0 Å². The fraction of sp³-hybridized carbons (Fsp3) is 0.600. The standard InChI is InChI=1S/C15H22N2S/c1-15(12-6-7-12)11-17(9-8-16-15)13-4-3-5-14(10-13)18-2/h3-5,10,12,16H,6-9,11H2,1-2H3. The third-order valence-electron chi connectivity index (χ3n) is 4.33.